The Hall–Kier alpha value is -4.03. The number of pyridine rings is 1. The number of anilines is 1. The molecule has 0 radical (unpaired) electrons. The van der Waals surface area contributed by atoms with Gasteiger partial charge in [0.15, 0.2) is 0 Å². The van der Waals surface area contributed by atoms with E-state index in [1.54, 1.807) is 18.3 Å². The Labute approximate surface area is 184 Å². The first-order valence-electron chi connectivity index (χ1n) is 10.4. The van der Waals surface area contributed by atoms with Crippen LogP contribution < -0.4 is 10.6 Å². The SMILES string of the molecule is O=C(N[C@@H](CO)C(=O)Nc1ccc2ncccc2c1)C1c2ccccc2-c2ccccc21. The molecule has 0 bridgehead atoms. The highest BCUT2D eigenvalue weighted by atomic mass is 16.3. The predicted molar refractivity (Wildman–Crippen MR) is 123 cm³/mol. The maximum absolute atomic E-state index is 13.3. The van der Waals surface area contributed by atoms with E-state index in [0.717, 1.165) is 33.2 Å². The number of amides is 2. The van der Waals surface area contributed by atoms with Gasteiger partial charge in [0.2, 0.25) is 11.8 Å². The summed E-state index contributed by atoms with van der Waals surface area (Å²) in [4.78, 5) is 30.3. The van der Waals surface area contributed by atoms with Crippen molar-refractivity contribution in [2.75, 3.05) is 11.9 Å². The van der Waals surface area contributed by atoms with Gasteiger partial charge in [0.05, 0.1) is 18.0 Å². The largest absolute Gasteiger partial charge is 0.394 e. The molecule has 0 saturated carbocycles. The minimum Gasteiger partial charge on any atom is -0.394 e. The van der Waals surface area contributed by atoms with Crippen LogP contribution in [0.1, 0.15) is 17.0 Å². The van der Waals surface area contributed by atoms with Crippen molar-refractivity contribution in [3.05, 3.63) is 96.2 Å². The summed E-state index contributed by atoms with van der Waals surface area (Å²) in [6.07, 6.45) is 1.71. The molecule has 0 unspecified atom stereocenters. The maximum atomic E-state index is 13.3. The van der Waals surface area contributed by atoms with Gasteiger partial charge in [-0.2, -0.15) is 0 Å². The van der Waals surface area contributed by atoms with Crippen LogP contribution >= 0.6 is 0 Å². The Morgan fingerprint density at radius 1 is 0.906 bits per heavy atom. The van der Waals surface area contributed by atoms with Gasteiger partial charge in [0, 0.05) is 17.3 Å². The summed E-state index contributed by atoms with van der Waals surface area (Å²) in [6.45, 7) is -0.511. The zero-order valence-corrected chi connectivity index (χ0v) is 17.2. The molecule has 32 heavy (non-hydrogen) atoms. The standard InChI is InChI=1S/C26H21N3O3/c30-15-23(25(31)28-17-11-12-22-16(14-17)6-5-13-27-22)29-26(32)24-20-9-3-1-7-18(20)19-8-2-4-10-21(19)24/h1-14,23-24,30H,15H2,(H,28,31)(H,29,32)/t23-/m0/s1. The Morgan fingerprint density at radius 3 is 2.28 bits per heavy atom. The number of aromatic nitrogens is 1. The van der Waals surface area contributed by atoms with Crippen LogP contribution in [0, 0.1) is 0 Å². The first-order chi connectivity index (χ1) is 15.7. The molecule has 0 saturated heterocycles. The highest BCUT2D eigenvalue weighted by Crippen LogP contribution is 2.44. The molecular formula is C26H21N3O3. The second-order valence-electron chi connectivity index (χ2n) is 7.75. The van der Waals surface area contributed by atoms with Gasteiger partial charge in [-0.3, -0.25) is 14.6 Å². The minimum atomic E-state index is -1.08. The third-order valence-corrected chi connectivity index (χ3v) is 5.78. The Balaban J connectivity index is 1.36. The van der Waals surface area contributed by atoms with E-state index < -0.39 is 24.5 Å². The number of carbonyl (C=O) groups excluding carboxylic acids is 2. The highest BCUT2D eigenvalue weighted by Gasteiger charge is 2.35. The first-order valence-corrected chi connectivity index (χ1v) is 10.4. The molecule has 1 atom stereocenters. The molecule has 1 aromatic heterocycles. The fraction of sp³-hybridized carbons (Fsp3) is 0.115. The van der Waals surface area contributed by atoms with Crippen molar-refractivity contribution in [1.82, 2.24) is 10.3 Å². The van der Waals surface area contributed by atoms with Gasteiger partial charge in [-0.25, -0.2) is 0 Å². The number of nitrogens with one attached hydrogen (secondary N) is 2. The van der Waals surface area contributed by atoms with Crippen LogP contribution in [0.5, 0.6) is 0 Å². The molecule has 0 spiro atoms. The molecular weight excluding hydrogens is 402 g/mol. The van der Waals surface area contributed by atoms with Crippen molar-refractivity contribution in [3.8, 4) is 11.1 Å². The molecule has 1 heterocycles. The van der Waals surface area contributed by atoms with Crippen molar-refractivity contribution >= 4 is 28.4 Å². The van der Waals surface area contributed by atoms with Crippen LogP contribution in [0.25, 0.3) is 22.0 Å². The van der Waals surface area contributed by atoms with Crippen LogP contribution in [0.15, 0.2) is 85.1 Å². The second kappa shape index (κ2) is 8.24. The molecule has 158 valence electrons. The normalized spacial score (nSPS) is 13.3. The minimum absolute atomic E-state index is 0.320. The van der Waals surface area contributed by atoms with E-state index in [9.17, 15) is 14.7 Å². The molecule has 1 aliphatic carbocycles. The third-order valence-electron chi connectivity index (χ3n) is 5.78. The predicted octanol–water partition coefficient (Wildman–Crippen LogP) is 3.46. The number of hydrogen-bond acceptors (Lipinski definition) is 4. The van der Waals surface area contributed by atoms with E-state index in [-0.39, 0.29) is 5.91 Å². The number of nitrogens with zero attached hydrogens (tertiary/aromatic N) is 1. The van der Waals surface area contributed by atoms with E-state index in [0.29, 0.717) is 5.69 Å². The van der Waals surface area contributed by atoms with E-state index in [4.69, 9.17) is 0 Å². The number of hydrogen-bond donors (Lipinski definition) is 3. The van der Waals surface area contributed by atoms with Crippen LogP contribution in [0.3, 0.4) is 0 Å². The topological polar surface area (TPSA) is 91.3 Å². The summed E-state index contributed by atoms with van der Waals surface area (Å²) < 4.78 is 0. The fourth-order valence-corrected chi connectivity index (χ4v) is 4.27. The summed E-state index contributed by atoms with van der Waals surface area (Å²) in [6, 6.07) is 23.5. The Morgan fingerprint density at radius 2 is 1.59 bits per heavy atom. The third kappa shape index (κ3) is 3.50. The molecule has 0 aliphatic heterocycles. The van der Waals surface area contributed by atoms with Gasteiger partial charge in [0.1, 0.15) is 6.04 Å². The zero-order valence-electron chi connectivity index (χ0n) is 17.2. The number of aliphatic hydroxyl groups excluding tert-OH is 1. The van der Waals surface area contributed by atoms with Crippen LogP contribution in [-0.2, 0) is 9.59 Å². The fourth-order valence-electron chi connectivity index (χ4n) is 4.27. The summed E-state index contributed by atoms with van der Waals surface area (Å²) in [5.41, 5.74) is 5.20. The summed E-state index contributed by atoms with van der Waals surface area (Å²) >= 11 is 0. The van der Waals surface area contributed by atoms with Gasteiger partial charge >= 0.3 is 0 Å². The van der Waals surface area contributed by atoms with Crippen LogP contribution in [0.4, 0.5) is 5.69 Å². The average Bonchev–Trinajstić information content (AvgIpc) is 3.17. The van der Waals surface area contributed by atoms with Crippen LogP contribution in [-0.4, -0.2) is 34.6 Å². The molecule has 1 aliphatic rings. The molecule has 0 fully saturated rings. The van der Waals surface area contributed by atoms with Gasteiger partial charge in [-0.1, -0.05) is 54.6 Å². The number of carbonyl (C=O) groups is 2. The van der Waals surface area contributed by atoms with Gasteiger partial charge < -0.3 is 15.7 Å². The van der Waals surface area contributed by atoms with Gasteiger partial charge in [0.25, 0.3) is 0 Å². The second-order valence-corrected chi connectivity index (χ2v) is 7.75. The van der Waals surface area contributed by atoms with Crippen molar-refractivity contribution in [2.45, 2.75) is 12.0 Å². The molecule has 3 N–H and O–H groups in total. The highest BCUT2D eigenvalue weighted by molar-refractivity contribution is 6.02. The molecule has 6 heteroatoms. The van der Waals surface area contributed by atoms with Crippen molar-refractivity contribution in [2.24, 2.45) is 0 Å². The molecule has 4 aromatic rings. The lowest BCUT2D eigenvalue weighted by molar-refractivity contribution is -0.127. The lowest BCUT2D eigenvalue weighted by Gasteiger charge is -2.20. The van der Waals surface area contributed by atoms with E-state index in [2.05, 4.69) is 15.6 Å². The smallest absolute Gasteiger partial charge is 0.249 e. The molecule has 6 nitrogen and oxygen atoms in total. The summed E-state index contributed by atoms with van der Waals surface area (Å²) in [5.74, 6) is -1.33. The van der Waals surface area contributed by atoms with Crippen LogP contribution in [0.2, 0.25) is 0 Å². The number of rotatable bonds is 5. The van der Waals surface area contributed by atoms with Gasteiger partial charge in [-0.05, 0) is 46.5 Å². The first kappa shape index (κ1) is 19.9. The summed E-state index contributed by atoms with van der Waals surface area (Å²) in [5, 5.41) is 16.2. The van der Waals surface area contributed by atoms with E-state index >= 15 is 0 Å². The van der Waals surface area contributed by atoms with Crippen molar-refractivity contribution in [1.29, 1.82) is 0 Å². The van der Waals surface area contributed by atoms with Crippen molar-refractivity contribution in [3.63, 3.8) is 0 Å². The Kier molecular flexibility index (Phi) is 5.13. The number of benzene rings is 3. The average molecular weight is 423 g/mol. The number of aliphatic hydroxyl groups is 1. The van der Waals surface area contributed by atoms with Crippen molar-refractivity contribution < 1.29 is 14.7 Å². The molecule has 3 aromatic carbocycles. The maximum Gasteiger partial charge on any atom is 0.249 e. The van der Waals surface area contributed by atoms with E-state index in [1.807, 2.05) is 66.7 Å². The Bertz CT molecular complexity index is 1290. The lowest BCUT2D eigenvalue weighted by atomic mass is 9.95. The van der Waals surface area contributed by atoms with E-state index in [1.165, 1.54) is 0 Å². The molecule has 5 rings (SSSR count). The zero-order chi connectivity index (χ0) is 22.1. The quantitative estimate of drug-likeness (QED) is 0.458. The monoisotopic (exact) mass is 423 g/mol. The van der Waals surface area contributed by atoms with Gasteiger partial charge in [-0.15, -0.1) is 0 Å². The summed E-state index contributed by atoms with van der Waals surface area (Å²) in [7, 11) is 0. The lowest BCUT2D eigenvalue weighted by Crippen LogP contribution is -2.47. The molecule has 2 amide bonds. The number of fused-ring (bicyclic) bond motifs is 4.